The molecule has 0 N–H and O–H groups in total. The summed E-state index contributed by atoms with van der Waals surface area (Å²) >= 11 is 4.82. The average Bonchev–Trinajstić information content (AvgIpc) is 1.84. The van der Waals surface area contributed by atoms with E-state index < -0.39 is 18.5 Å². The number of hydrogen-bond donors (Lipinski definition) is 0. The first-order valence-corrected chi connectivity index (χ1v) is 3.20. The third-order valence-corrected chi connectivity index (χ3v) is 0.945. The highest BCUT2D eigenvalue weighted by atomic mass is 35.5. The summed E-state index contributed by atoms with van der Waals surface area (Å²) in [6, 6.07) is 0. The third kappa shape index (κ3) is 5.97. The van der Waals surface area contributed by atoms with Gasteiger partial charge in [-0.15, -0.1) is 4.51 Å². The van der Waals surface area contributed by atoms with Crippen molar-refractivity contribution in [3.63, 3.8) is 0 Å². The van der Waals surface area contributed by atoms with Gasteiger partial charge in [0.15, 0.2) is 0 Å². The molecule has 0 atom stereocenters. The number of hydrogen-bond acceptors (Lipinski definition) is 2. The Morgan fingerprint density at radius 1 is 1.55 bits per heavy atom. The first-order chi connectivity index (χ1) is 4.99. The molecule has 0 saturated heterocycles. The van der Waals surface area contributed by atoms with E-state index in [9.17, 15) is 13.2 Å². The van der Waals surface area contributed by atoms with Crippen molar-refractivity contribution in [1.29, 1.82) is 0 Å². The van der Waals surface area contributed by atoms with Crippen LogP contribution in [-0.2, 0) is 4.74 Å². The normalized spacial score (nSPS) is 13.4. The lowest BCUT2D eigenvalue weighted by Crippen LogP contribution is -2.16. The third-order valence-electron chi connectivity index (χ3n) is 0.757. The number of alkyl halides is 3. The SMILES string of the molecule is CCOC(CC(F)(F)F)=NCl. The van der Waals surface area contributed by atoms with Crippen LogP contribution in [0.4, 0.5) is 13.2 Å². The van der Waals surface area contributed by atoms with Crippen LogP contribution in [0.15, 0.2) is 4.51 Å². The predicted molar refractivity (Wildman–Crippen MR) is 35.6 cm³/mol. The molecule has 0 spiro atoms. The summed E-state index contributed by atoms with van der Waals surface area (Å²) in [6.45, 7) is 1.68. The fraction of sp³-hybridized carbons (Fsp3) is 0.800. The second kappa shape index (κ2) is 4.43. The van der Waals surface area contributed by atoms with E-state index in [0.717, 1.165) is 0 Å². The van der Waals surface area contributed by atoms with Crippen LogP contribution in [0, 0.1) is 0 Å². The summed E-state index contributed by atoms with van der Waals surface area (Å²) in [4.78, 5) is 0. The molecule has 0 unspecified atom stereocenters. The van der Waals surface area contributed by atoms with Gasteiger partial charge in [-0.25, -0.2) is 0 Å². The van der Waals surface area contributed by atoms with Gasteiger partial charge in [0.05, 0.1) is 6.61 Å². The van der Waals surface area contributed by atoms with Crippen LogP contribution in [0.25, 0.3) is 0 Å². The zero-order chi connectivity index (χ0) is 8.91. The summed E-state index contributed by atoms with van der Waals surface area (Å²) in [6.07, 6.45) is -5.53. The molecule has 0 aliphatic carbocycles. The summed E-state index contributed by atoms with van der Waals surface area (Å²) in [5.41, 5.74) is 0. The second-order valence-electron chi connectivity index (χ2n) is 1.70. The van der Waals surface area contributed by atoms with E-state index in [2.05, 4.69) is 9.25 Å². The molecular weight excluding hydrogens is 183 g/mol. The van der Waals surface area contributed by atoms with E-state index in [1.54, 1.807) is 6.92 Å². The first kappa shape index (κ1) is 10.6. The Morgan fingerprint density at radius 3 is 2.36 bits per heavy atom. The highest BCUT2D eigenvalue weighted by Gasteiger charge is 2.30. The van der Waals surface area contributed by atoms with Crippen LogP contribution >= 0.6 is 11.8 Å². The first-order valence-electron chi connectivity index (χ1n) is 2.87. The van der Waals surface area contributed by atoms with Crippen molar-refractivity contribution in [3.8, 4) is 0 Å². The Balaban J connectivity index is 3.90. The molecule has 0 aromatic carbocycles. The van der Waals surface area contributed by atoms with E-state index in [1.807, 2.05) is 0 Å². The number of rotatable bonds is 2. The fourth-order valence-corrected chi connectivity index (χ4v) is 0.552. The van der Waals surface area contributed by atoms with Gasteiger partial charge in [0.1, 0.15) is 6.42 Å². The van der Waals surface area contributed by atoms with Gasteiger partial charge < -0.3 is 4.74 Å². The van der Waals surface area contributed by atoms with Gasteiger partial charge in [0, 0.05) is 11.8 Å². The smallest absolute Gasteiger partial charge is 0.397 e. The van der Waals surface area contributed by atoms with E-state index in [1.165, 1.54) is 0 Å². The van der Waals surface area contributed by atoms with E-state index in [4.69, 9.17) is 11.8 Å². The van der Waals surface area contributed by atoms with Gasteiger partial charge in [-0.05, 0) is 6.92 Å². The fourth-order valence-electron chi connectivity index (χ4n) is 0.443. The molecule has 0 aromatic rings. The summed E-state index contributed by atoms with van der Waals surface area (Å²) in [7, 11) is 0. The molecule has 0 aromatic heterocycles. The van der Waals surface area contributed by atoms with E-state index in [-0.39, 0.29) is 6.61 Å². The summed E-state index contributed by atoms with van der Waals surface area (Å²) in [5, 5.41) is 0. The molecule has 0 fully saturated rings. The van der Waals surface area contributed by atoms with Crippen molar-refractivity contribution in [2.45, 2.75) is 19.5 Å². The maximum Gasteiger partial charge on any atom is 0.397 e. The Morgan fingerprint density at radius 2 is 2.09 bits per heavy atom. The number of halogens is 4. The van der Waals surface area contributed by atoms with Crippen LogP contribution in [0.3, 0.4) is 0 Å². The van der Waals surface area contributed by atoms with Gasteiger partial charge >= 0.3 is 6.18 Å². The van der Waals surface area contributed by atoms with Gasteiger partial charge in [-0.3, -0.25) is 0 Å². The average molecular weight is 190 g/mol. The highest BCUT2D eigenvalue weighted by molar-refractivity contribution is 6.19. The zero-order valence-corrected chi connectivity index (χ0v) is 6.54. The van der Waals surface area contributed by atoms with Gasteiger partial charge in [-0.1, -0.05) is 0 Å². The second-order valence-corrected chi connectivity index (χ2v) is 1.87. The van der Waals surface area contributed by atoms with Crippen LogP contribution in [0.5, 0.6) is 0 Å². The van der Waals surface area contributed by atoms with Crippen molar-refractivity contribution in [3.05, 3.63) is 0 Å². The zero-order valence-electron chi connectivity index (χ0n) is 5.78. The molecule has 66 valence electrons. The molecule has 0 rings (SSSR count). The van der Waals surface area contributed by atoms with Crippen LogP contribution < -0.4 is 0 Å². The Bertz CT molecular complexity index is 145. The van der Waals surface area contributed by atoms with Crippen molar-refractivity contribution in [2.75, 3.05) is 6.61 Å². The minimum absolute atomic E-state index is 0.127. The topological polar surface area (TPSA) is 21.6 Å². The molecule has 0 bridgehead atoms. The minimum atomic E-state index is -4.32. The Labute approximate surface area is 67.1 Å². The Kier molecular flexibility index (Phi) is 4.25. The standard InChI is InChI=1S/C5H7ClF3NO/c1-2-11-4(10-6)3-5(7,8)9/h2-3H2,1H3. The van der Waals surface area contributed by atoms with Crippen molar-refractivity contribution < 1.29 is 17.9 Å². The molecule has 0 saturated carbocycles. The number of ether oxygens (including phenoxy) is 1. The van der Waals surface area contributed by atoms with Crippen LogP contribution in [-0.4, -0.2) is 18.7 Å². The molecule has 0 heterocycles. The van der Waals surface area contributed by atoms with Gasteiger partial charge in [0.25, 0.3) is 0 Å². The maximum absolute atomic E-state index is 11.6. The van der Waals surface area contributed by atoms with Crippen molar-refractivity contribution in [1.82, 2.24) is 0 Å². The Hall–Kier alpha value is -0.450. The minimum Gasteiger partial charge on any atom is -0.480 e. The highest BCUT2D eigenvalue weighted by Crippen LogP contribution is 2.20. The largest absolute Gasteiger partial charge is 0.480 e. The number of nitrogens with zero attached hydrogens (tertiary/aromatic N) is 1. The van der Waals surface area contributed by atoms with E-state index in [0.29, 0.717) is 0 Å². The molecule has 2 nitrogen and oxygen atoms in total. The van der Waals surface area contributed by atoms with Crippen molar-refractivity contribution in [2.24, 2.45) is 4.51 Å². The lowest BCUT2D eigenvalue weighted by Gasteiger charge is -2.07. The lowest BCUT2D eigenvalue weighted by molar-refractivity contribution is -0.123. The molecule has 11 heavy (non-hydrogen) atoms. The predicted octanol–water partition coefficient (Wildman–Crippen LogP) is 2.53. The van der Waals surface area contributed by atoms with Crippen LogP contribution in [0.2, 0.25) is 0 Å². The maximum atomic E-state index is 11.6. The van der Waals surface area contributed by atoms with E-state index >= 15 is 0 Å². The molecule has 0 aliphatic rings. The van der Waals surface area contributed by atoms with Crippen molar-refractivity contribution >= 4 is 17.7 Å². The summed E-state index contributed by atoms with van der Waals surface area (Å²) in [5.74, 6) is -0.498. The quantitative estimate of drug-likeness (QED) is 0.483. The molecule has 6 heteroatoms. The van der Waals surface area contributed by atoms with Gasteiger partial charge in [-0.2, -0.15) is 13.2 Å². The molecule has 0 radical (unpaired) electrons. The lowest BCUT2D eigenvalue weighted by atomic mass is 10.4. The summed E-state index contributed by atoms with van der Waals surface area (Å²) < 4.78 is 42.1. The molecule has 0 aliphatic heterocycles. The van der Waals surface area contributed by atoms with Gasteiger partial charge in [0.2, 0.25) is 5.90 Å². The molecule has 0 amide bonds. The monoisotopic (exact) mass is 189 g/mol. The molecular formula is C5H7ClF3NO. The van der Waals surface area contributed by atoms with Crippen LogP contribution in [0.1, 0.15) is 13.3 Å².